The van der Waals surface area contributed by atoms with Gasteiger partial charge in [-0.2, -0.15) is 0 Å². The van der Waals surface area contributed by atoms with Crippen LogP contribution in [0.2, 0.25) is 10.0 Å². The van der Waals surface area contributed by atoms with Gasteiger partial charge in [-0.25, -0.2) is 0 Å². The van der Waals surface area contributed by atoms with Crippen LogP contribution in [0.5, 0.6) is 0 Å². The van der Waals surface area contributed by atoms with Crippen molar-refractivity contribution < 1.29 is 0 Å². The summed E-state index contributed by atoms with van der Waals surface area (Å²) in [6.07, 6.45) is 2.39. The van der Waals surface area contributed by atoms with Crippen molar-refractivity contribution in [2.75, 3.05) is 0 Å². The first-order valence-corrected chi connectivity index (χ1v) is 8.14. The zero-order valence-electron chi connectivity index (χ0n) is 12.0. The Bertz CT molecular complexity index is 586. The molecule has 0 aromatic heterocycles. The molecule has 0 bridgehead atoms. The average Bonchev–Trinajstić information content (AvgIpc) is 2.44. The van der Waals surface area contributed by atoms with Gasteiger partial charge in [0.2, 0.25) is 0 Å². The van der Waals surface area contributed by atoms with Crippen molar-refractivity contribution in [3.63, 3.8) is 0 Å². The van der Waals surface area contributed by atoms with Crippen molar-refractivity contribution in [3.05, 3.63) is 69.7 Å². The van der Waals surface area contributed by atoms with Gasteiger partial charge in [0.1, 0.15) is 0 Å². The minimum atomic E-state index is 0.360. The second kappa shape index (κ2) is 6.39. The molecule has 2 aromatic rings. The summed E-state index contributed by atoms with van der Waals surface area (Å²) < 4.78 is 0. The Morgan fingerprint density at radius 3 is 2.00 bits per heavy atom. The number of benzene rings is 2. The second-order valence-electron chi connectivity index (χ2n) is 5.86. The van der Waals surface area contributed by atoms with Gasteiger partial charge in [-0.1, -0.05) is 47.5 Å². The van der Waals surface area contributed by atoms with Gasteiger partial charge in [0, 0.05) is 22.1 Å². The van der Waals surface area contributed by atoms with E-state index >= 15 is 0 Å². The Hall–Kier alpha value is -1.02. The molecule has 0 aliphatic heterocycles. The lowest BCUT2D eigenvalue weighted by Gasteiger charge is -2.38. The third kappa shape index (κ3) is 3.60. The minimum Gasteiger partial charge on any atom is -0.307 e. The molecular weight excluding hydrogens is 301 g/mol. The van der Waals surface area contributed by atoms with Crippen LogP contribution in [-0.4, -0.2) is 6.04 Å². The highest BCUT2D eigenvalue weighted by Gasteiger charge is 2.30. The number of rotatable bonds is 4. The molecule has 0 amide bonds. The van der Waals surface area contributed by atoms with Crippen molar-refractivity contribution in [2.24, 2.45) is 0 Å². The molecule has 0 spiro atoms. The molecular formula is C18H19Cl2N. The smallest absolute Gasteiger partial charge is 0.0406 e. The van der Waals surface area contributed by atoms with Crippen molar-refractivity contribution in [1.29, 1.82) is 0 Å². The van der Waals surface area contributed by atoms with Crippen molar-refractivity contribution in [3.8, 4) is 0 Å². The van der Waals surface area contributed by atoms with Gasteiger partial charge in [-0.3, -0.25) is 0 Å². The number of halogens is 2. The molecule has 21 heavy (non-hydrogen) atoms. The van der Waals surface area contributed by atoms with E-state index in [1.54, 1.807) is 0 Å². The van der Waals surface area contributed by atoms with Crippen molar-refractivity contribution in [2.45, 2.75) is 37.8 Å². The molecule has 110 valence electrons. The molecule has 1 nitrogen and oxygen atoms in total. The monoisotopic (exact) mass is 319 g/mol. The molecule has 0 radical (unpaired) electrons. The van der Waals surface area contributed by atoms with Crippen LogP contribution < -0.4 is 5.32 Å². The number of nitrogens with one attached hydrogen (secondary N) is 1. The first-order chi connectivity index (χ1) is 10.1. The van der Waals surface area contributed by atoms with Crippen molar-refractivity contribution in [1.82, 2.24) is 5.32 Å². The summed E-state index contributed by atoms with van der Waals surface area (Å²) in [6.45, 7) is 2.21. The van der Waals surface area contributed by atoms with E-state index in [9.17, 15) is 0 Å². The average molecular weight is 320 g/mol. The summed E-state index contributed by atoms with van der Waals surface area (Å²) >= 11 is 11.9. The fourth-order valence-corrected chi connectivity index (χ4v) is 3.21. The van der Waals surface area contributed by atoms with Crippen LogP contribution in [0.25, 0.3) is 0 Å². The van der Waals surface area contributed by atoms with Gasteiger partial charge in [0.05, 0.1) is 0 Å². The van der Waals surface area contributed by atoms with Crippen LogP contribution in [0.3, 0.4) is 0 Å². The fraction of sp³-hybridized carbons (Fsp3) is 0.333. The first kappa shape index (κ1) is 14.9. The lowest BCUT2D eigenvalue weighted by atomic mass is 9.75. The number of hydrogen-bond acceptors (Lipinski definition) is 1. The zero-order valence-corrected chi connectivity index (χ0v) is 13.5. The van der Waals surface area contributed by atoms with E-state index in [2.05, 4.69) is 36.5 Å². The maximum absolute atomic E-state index is 5.93. The summed E-state index contributed by atoms with van der Waals surface area (Å²) in [6, 6.07) is 17.3. The molecule has 1 saturated carbocycles. The third-order valence-corrected chi connectivity index (χ3v) is 4.84. The van der Waals surface area contributed by atoms with E-state index in [-0.39, 0.29) is 0 Å². The van der Waals surface area contributed by atoms with Crippen LogP contribution >= 0.6 is 23.2 Å². The molecule has 3 heteroatoms. The first-order valence-electron chi connectivity index (χ1n) is 7.39. The maximum atomic E-state index is 5.93. The van der Waals surface area contributed by atoms with Gasteiger partial charge in [-0.05, 0) is 61.1 Å². The SMILES string of the molecule is C[C@H](NC1CC(c2ccc(Cl)cc2)C1)c1ccc(Cl)cc1. The van der Waals surface area contributed by atoms with E-state index in [0.29, 0.717) is 18.0 Å². The molecule has 0 unspecified atom stereocenters. The lowest BCUT2D eigenvalue weighted by molar-refractivity contribution is 0.271. The molecule has 1 aliphatic carbocycles. The summed E-state index contributed by atoms with van der Waals surface area (Å²) in [5.41, 5.74) is 2.69. The lowest BCUT2D eigenvalue weighted by Crippen LogP contribution is -2.41. The van der Waals surface area contributed by atoms with E-state index in [0.717, 1.165) is 10.0 Å². The third-order valence-electron chi connectivity index (χ3n) is 4.34. The Balaban J connectivity index is 1.52. The Kier molecular flexibility index (Phi) is 4.54. The molecule has 1 N–H and O–H groups in total. The molecule has 1 fully saturated rings. The van der Waals surface area contributed by atoms with Gasteiger partial charge in [0.25, 0.3) is 0 Å². The zero-order chi connectivity index (χ0) is 14.8. The maximum Gasteiger partial charge on any atom is 0.0406 e. The quantitative estimate of drug-likeness (QED) is 0.774. The summed E-state index contributed by atoms with van der Waals surface area (Å²) in [5, 5.41) is 5.29. The van der Waals surface area contributed by atoms with Gasteiger partial charge < -0.3 is 5.32 Å². The normalized spacial score (nSPS) is 22.6. The van der Waals surface area contributed by atoms with E-state index in [1.807, 2.05) is 24.3 Å². The van der Waals surface area contributed by atoms with Crippen LogP contribution in [0.4, 0.5) is 0 Å². The topological polar surface area (TPSA) is 12.0 Å². The van der Waals surface area contributed by atoms with E-state index < -0.39 is 0 Å². The minimum absolute atomic E-state index is 0.360. The Morgan fingerprint density at radius 1 is 0.905 bits per heavy atom. The second-order valence-corrected chi connectivity index (χ2v) is 6.73. The highest BCUT2D eigenvalue weighted by Crippen LogP contribution is 2.38. The van der Waals surface area contributed by atoms with Crippen LogP contribution in [0, 0.1) is 0 Å². The highest BCUT2D eigenvalue weighted by atomic mass is 35.5. The van der Waals surface area contributed by atoms with Crippen molar-refractivity contribution >= 4 is 23.2 Å². The summed E-state index contributed by atoms with van der Waals surface area (Å²) in [4.78, 5) is 0. The van der Waals surface area contributed by atoms with E-state index in [4.69, 9.17) is 23.2 Å². The van der Waals surface area contributed by atoms with Crippen LogP contribution in [0.1, 0.15) is 42.9 Å². The van der Waals surface area contributed by atoms with E-state index in [1.165, 1.54) is 24.0 Å². The number of hydrogen-bond donors (Lipinski definition) is 1. The van der Waals surface area contributed by atoms with Gasteiger partial charge >= 0.3 is 0 Å². The highest BCUT2D eigenvalue weighted by molar-refractivity contribution is 6.30. The van der Waals surface area contributed by atoms with Crippen LogP contribution in [0.15, 0.2) is 48.5 Å². The predicted octanol–water partition coefficient (Wildman–Crippen LogP) is 5.59. The molecule has 1 atom stereocenters. The molecule has 3 rings (SSSR count). The molecule has 0 saturated heterocycles. The largest absolute Gasteiger partial charge is 0.307 e. The van der Waals surface area contributed by atoms with Gasteiger partial charge in [0.15, 0.2) is 0 Å². The van der Waals surface area contributed by atoms with Gasteiger partial charge in [-0.15, -0.1) is 0 Å². The molecule has 2 aromatic carbocycles. The molecule has 1 aliphatic rings. The predicted molar refractivity (Wildman–Crippen MR) is 90.2 cm³/mol. The van der Waals surface area contributed by atoms with Crippen LogP contribution in [-0.2, 0) is 0 Å². The molecule has 0 heterocycles. The summed E-state index contributed by atoms with van der Waals surface area (Å²) in [5.74, 6) is 0.664. The Labute approximate surface area is 136 Å². The summed E-state index contributed by atoms with van der Waals surface area (Å²) in [7, 11) is 0. The fourth-order valence-electron chi connectivity index (χ4n) is 2.96. The Morgan fingerprint density at radius 2 is 1.43 bits per heavy atom. The standard InChI is InChI=1S/C18H19Cl2N/c1-12(13-2-6-16(19)7-3-13)21-18-10-15(11-18)14-4-8-17(20)9-5-14/h2-9,12,15,18,21H,10-11H2,1H3/t12-,15?,18?/m0/s1.